The lowest BCUT2D eigenvalue weighted by molar-refractivity contribution is 0.0495. The summed E-state index contributed by atoms with van der Waals surface area (Å²) in [5.74, 6) is -0.0593. The Hall–Kier alpha value is -0.350. The van der Waals surface area contributed by atoms with Gasteiger partial charge in [0.05, 0.1) is 17.7 Å². The summed E-state index contributed by atoms with van der Waals surface area (Å²) in [6.45, 7) is 5.47. The molecular weight excluding hydrogens is 276 g/mol. The van der Waals surface area contributed by atoms with Gasteiger partial charge >= 0.3 is 0 Å². The van der Waals surface area contributed by atoms with Crippen molar-refractivity contribution >= 4 is 23.2 Å². The van der Waals surface area contributed by atoms with Gasteiger partial charge in [-0.1, -0.05) is 30.1 Å². The van der Waals surface area contributed by atoms with Crippen LogP contribution in [0.5, 0.6) is 0 Å². The molecule has 0 aromatic heterocycles. The first-order valence-electron chi connectivity index (χ1n) is 5.98. The lowest BCUT2D eigenvalue weighted by Gasteiger charge is -2.17. The van der Waals surface area contributed by atoms with Crippen LogP contribution in [0.15, 0.2) is 12.1 Å². The molecule has 1 aliphatic heterocycles. The van der Waals surface area contributed by atoms with Crippen molar-refractivity contribution in [2.45, 2.75) is 26.0 Å². The molecule has 1 N–H and O–H groups in total. The number of rotatable bonds is 1. The SMILES string of the molecule is CC1COC(c2cc(F)c(Cl)cc2Cl)CNC1C. The van der Waals surface area contributed by atoms with E-state index in [1.807, 2.05) is 0 Å². The third kappa shape index (κ3) is 2.97. The number of hydrogen-bond acceptors (Lipinski definition) is 2. The van der Waals surface area contributed by atoms with Crippen molar-refractivity contribution < 1.29 is 9.13 Å². The number of ether oxygens (including phenoxy) is 1. The second kappa shape index (κ2) is 5.74. The summed E-state index contributed by atoms with van der Waals surface area (Å²) in [6, 6.07) is 3.15. The van der Waals surface area contributed by atoms with Gasteiger partial charge in [-0.2, -0.15) is 0 Å². The molecule has 0 aliphatic carbocycles. The fraction of sp³-hybridized carbons (Fsp3) is 0.538. The zero-order chi connectivity index (χ0) is 13.3. The smallest absolute Gasteiger partial charge is 0.142 e. The van der Waals surface area contributed by atoms with E-state index in [0.717, 1.165) is 0 Å². The Morgan fingerprint density at radius 2 is 2.00 bits per heavy atom. The second-order valence-corrected chi connectivity index (χ2v) is 5.60. The second-order valence-electron chi connectivity index (χ2n) is 4.78. The van der Waals surface area contributed by atoms with Crippen LogP contribution < -0.4 is 5.32 Å². The van der Waals surface area contributed by atoms with E-state index in [1.54, 1.807) is 0 Å². The molecule has 100 valence electrons. The number of benzene rings is 1. The Bertz CT molecular complexity index is 429. The summed E-state index contributed by atoms with van der Waals surface area (Å²) in [6.07, 6.45) is -0.239. The summed E-state index contributed by atoms with van der Waals surface area (Å²) < 4.78 is 19.3. The van der Waals surface area contributed by atoms with Gasteiger partial charge in [0.15, 0.2) is 0 Å². The largest absolute Gasteiger partial charge is 0.372 e. The zero-order valence-corrected chi connectivity index (χ0v) is 11.9. The van der Waals surface area contributed by atoms with Crippen molar-refractivity contribution in [3.63, 3.8) is 0 Å². The van der Waals surface area contributed by atoms with Gasteiger partial charge in [-0.25, -0.2) is 4.39 Å². The van der Waals surface area contributed by atoms with Gasteiger partial charge in [0, 0.05) is 23.2 Å². The van der Waals surface area contributed by atoms with Crippen molar-refractivity contribution in [3.8, 4) is 0 Å². The number of halogens is 3. The quantitative estimate of drug-likeness (QED) is 0.795. The molecule has 0 saturated carbocycles. The minimum absolute atomic E-state index is 0.0343. The van der Waals surface area contributed by atoms with E-state index in [2.05, 4.69) is 19.2 Å². The maximum absolute atomic E-state index is 13.5. The van der Waals surface area contributed by atoms with E-state index in [4.69, 9.17) is 27.9 Å². The average Bonchev–Trinajstić information content (AvgIpc) is 2.48. The topological polar surface area (TPSA) is 21.3 Å². The predicted molar refractivity (Wildman–Crippen MR) is 71.7 cm³/mol. The van der Waals surface area contributed by atoms with Crippen LogP contribution in [0, 0.1) is 11.7 Å². The molecule has 5 heteroatoms. The molecule has 1 aliphatic rings. The van der Waals surface area contributed by atoms with Gasteiger partial charge in [0.25, 0.3) is 0 Å². The molecule has 1 aromatic rings. The van der Waals surface area contributed by atoms with Crippen molar-refractivity contribution in [2.75, 3.05) is 13.2 Å². The van der Waals surface area contributed by atoms with Crippen LogP contribution in [0.1, 0.15) is 25.5 Å². The molecule has 1 heterocycles. The summed E-state index contributed by atoms with van der Waals surface area (Å²) in [4.78, 5) is 0. The molecule has 1 saturated heterocycles. The van der Waals surface area contributed by atoms with Gasteiger partial charge in [-0.05, 0) is 25.0 Å². The van der Waals surface area contributed by atoms with Gasteiger partial charge in [0.1, 0.15) is 5.82 Å². The van der Waals surface area contributed by atoms with Gasteiger partial charge < -0.3 is 10.1 Å². The monoisotopic (exact) mass is 291 g/mol. The lowest BCUT2D eigenvalue weighted by atomic mass is 10.1. The molecule has 3 atom stereocenters. The maximum atomic E-state index is 13.5. The van der Waals surface area contributed by atoms with E-state index in [9.17, 15) is 4.39 Å². The minimum atomic E-state index is -0.468. The highest BCUT2D eigenvalue weighted by atomic mass is 35.5. The van der Waals surface area contributed by atoms with Crippen molar-refractivity contribution in [2.24, 2.45) is 5.92 Å². The van der Waals surface area contributed by atoms with Gasteiger partial charge in [-0.3, -0.25) is 0 Å². The lowest BCUT2D eigenvalue weighted by Crippen LogP contribution is -2.32. The highest BCUT2D eigenvalue weighted by Gasteiger charge is 2.24. The molecule has 0 bridgehead atoms. The zero-order valence-electron chi connectivity index (χ0n) is 10.3. The number of hydrogen-bond donors (Lipinski definition) is 1. The van der Waals surface area contributed by atoms with Crippen molar-refractivity contribution in [1.82, 2.24) is 5.32 Å². The maximum Gasteiger partial charge on any atom is 0.142 e. The molecule has 18 heavy (non-hydrogen) atoms. The average molecular weight is 292 g/mol. The van der Waals surface area contributed by atoms with Crippen LogP contribution in [0.2, 0.25) is 10.0 Å². The fourth-order valence-electron chi connectivity index (χ4n) is 1.95. The predicted octanol–water partition coefficient (Wildman–Crippen LogP) is 3.82. The molecule has 0 amide bonds. The first kappa shape index (κ1) is 14.1. The number of nitrogens with one attached hydrogen (secondary N) is 1. The van der Waals surface area contributed by atoms with E-state index >= 15 is 0 Å². The molecule has 0 spiro atoms. The molecule has 2 nitrogen and oxygen atoms in total. The summed E-state index contributed by atoms with van der Waals surface area (Å²) in [5, 5.41) is 3.84. The Labute approximate surface area is 116 Å². The molecule has 0 radical (unpaired) electrons. The third-order valence-electron chi connectivity index (χ3n) is 3.43. The van der Waals surface area contributed by atoms with Crippen LogP contribution >= 0.6 is 23.2 Å². The van der Waals surface area contributed by atoms with Crippen LogP contribution in [-0.4, -0.2) is 19.2 Å². The normalized spacial score (nSPS) is 29.1. The van der Waals surface area contributed by atoms with Crippen LogP contribution in [0.25, 0.3) is 0 Å². The van der Waals surface area contributed by atoms with E-state index in [0.29, 0.717) is 35.7 Å². The molecule has 1 fully saturated rings. The first-order valence-corrected chi connectivity index (χ1v) is 6.74. The van der Waals surface area contributed by atoms with E-state index < -0.39 is 5.82 Å². The molecular formula is C13H16Cl2FNO. The van der Waals surface area contributed by atoms with E-state index in [1.165, 1.54) is 12.1 Å². The fourth-order valence-corrected chi connectivity index (χ4v) is 2.45. The first-order chi connectivity index (χ1) is 8.49. The van der Waals surface area contributed by atoms with Crippen LogP contribution in [0.3, 0.4) is 0 Å². The minimum Gasteiger partial charge on any atom is -0.372 e. The van der Waals surface area contributed by atoms with Gasteiger partial charge in [0.2, 0.25) is 0 Å². The standard InChI is InChI=1S/C13H16Cl2FNO/c1-7-6-18-13(5-17-8(7)2)9-3-12(16)11(15)4-10(9)14/h3-4,7-8,13,17H,5-6H2,1-2H3. The Morgan fingerprint density at radius 1 is 1.28 bits per heavy atom. The summed E-state index contributed by atoms with van der Waals surface area (Å²) in [7, 11) is 0. The highest BCUT2D eigenvalue weighted by Crippen LogP contribution is 2.31. The summed E-state index contributed by atoms with van der Waals surface area (Å²) >= 11 is 11.8. The summed E-state index contributed by atoms with van der Waals surface area (Å²) in [5.41, 5.74) is 0.646. The molecule has 1 aromatic carbocycles. The van der Waals surface area contributed by atoms with Crippen molar-refractivity contribution in [1.29, 1.82) is 0 Å². The third-order valence-corrected chi connectivity index (χ3v) is 4.04. The highest BCUT2D eigenvalue weighted by molar-refractivity contribution is 6.35. The van der Waals surface area contributed by atoms with Gasteiger partial charge in [-0.15, -0.1) is 0 Å². The Morgan fingerprint density at radius 3 is 2.72 bits per heavy atom. The Kier molecular flexibility index (Phi) is 4.49. The van der Waals surface area contributed by atoms with Crippen LogP contribution in [-0.2, 0) is 4.74 Å². The Balaban J connectivity index is 2.23. The molecule has 3 unspecified atom stereocenters. The molecule has 2 rings (SSSR count). The van der Waals surface area contributed by atoms with Crippen LogP contribution in [0.4, 0.5) is 4.39 Å². The van der Waals surface area contributed by atoms with E-state index in [-0.39, 0.29) is 11.1 Å². The van der Waals surface area contributed by atoms with Crippen molar-refractivity contribution in [3.05, 3.63) is 33.6 Å².